The fraction of sp³-hybridized carbons (Fsp3) is 0.364. The number of aliphatic hydroxyl groups is 1. The first-order valence-electron chi connectivity index (χ1n) is 15.0. The third kappa shape index (κ3) is 8.64. The number of para-hydroxylation sites is 1. The van der Waals surface area contributed by atoms with Gasteiger partial charge in [-0.15, -0.1) is 5.10 Å². The van der Waals surface area contributed by atoms with E-state index in [1.165, 1.54) is 11.0 Å². The van der Waals surface area contributed by atoms with Crippen molar-refractivity contribution in [1.82, 2.24) is 30.0 Å². The van der Waals surface area contributed by atoms with Crippen LogP contribution >= 0.6 is 0 Å². The highest BCUT2D eigenvalue weighted by Gasteiger charge is 2.31. The highest BCUT2D eigenvalue weighted by Crippen LogP contribution is 2.29. The summed E-state index contributed by atoms with van der Waals surface area (Å²) >= 11 is 0. The van der Waals surface area contributed by atoms with Crippen molar-refractivity contribution in [1.29, 1.82) is 0 Å². The number of carbonyl (C=O) groups is 2. The molecule has 0 unspecified atom stereocenters. The maximum absolute atomic E-state index is 13.5. The first-order chi connectivity index (χ1) is 21.8. The zero-order valence-electron chi connectivity index (χ0n) is 25.7. The monoisotopic (exact) mass is 613 g/mol. The van der Waals surface area contributed by atoms with E-state index < -0.39 is 0 Å². The summed E-state index contributed by atoms with van der Waals surface area (Å²) in [7, 11) is 2.04. The van der Waals surface area contributed by atoms with Crippen molar-refractivity contribution in [2.24, 2.45) is 5.92 Å². The van der Waals surface area contributed by atoms with Gasteiger partial charge in [0.05, 0.1) is 19.1 Å². The molecule has 12 nitrogen and oxygen atoms in total. The first kappa shape index (κ1) is 31.6. The predicted octanol–water partition coefficient (Wildman–Crippen LogP) is 3.39. The minimum absolute atomic E-state index is 0.0336. The van der Waals surface area contributed by atoms with Gasteiger partial charge in [-0.1, -0.05) is 37.3 Å². The number of hydrogen-bond acceptors (Lipinski definition) is 9. The summed E-state index contributed by atoms with van der Waals surface area (Å²) < 4.78 is 13.9. The minimum Gasteiger partial charge on any atom is -0.488 e. The normalized spacial score (nSPS) is 17.4. The van der Waals surface area contributed by atoms with Crippen LogP contribution in [0.1, 0.15) is 25.0 Å². The molecule has 4 aromatic rings. The molecule has 0 saturated heterocycles. The zero-order valence-corrected chi connectivity index (χ0v) is 25.7. The van der Waals surface area contributed by atoms with E-state index in [-0.39, 0.29) is 49.5 Å². The largest absolute Gasteiger partial charge is 0.488 e. The number of ether oxygens (including phenoxy) is 2. The van der Waals surface area contributed by atoms with Crippen LogP contribution in [0, 0.1) is 5.92 Å². The van der Waals surface area contributed by atoms with Crippen LogP contribution in [0.2, 0.25) is 0 Å². The highest BCUT2D eigenvalue weighted by atomic mass is 16.5. The topological polar surface area (TPSA) is 135 Å². The van der Waals surface area contributed by atoms with E-state index in [2.05, 4.69) is 44.8 Å². The standard InChI is InChI=1S/C33H39N7O5/c1-23-17-40(24(2)21-41)33(43)16-26-15-27(35-32(42)20-39-22-34-36-37-39)11-14-30(26)45-31(23)19-38(3)18-25-9-12-29(13-10-25)44-28-7-5-4-6-8-28/h4-15,22-24,31,41H,16-21H2,1-3H3,(H,35,42)/t23-,24+,31+/m1/s1. The quantitative estimate of drug-likeness (QED) is 0.261. The molecule has 1 aliphatic heterocycles. The molecule has 2 amide bonds. The van der Waals surface area contributed by atoms with Gasteiger partial charge in [-0.05, 0) is 72.4 Å². The number of benzene rings is 3. The Labute approximate surface area is 262 Å². The van der Waals surface area contributed by atoms with Crippen LogP contribution in [0.4, 0.5) is 5.69 Å². The number of nitrogens with zero attached hydrogens (tertiary/aromatic N) is 6. The molecular weight excluding hydrogens is 574 g/mol. The fourth-order valence-corrected chi connectivity index (χ4v) is 5.30. The van der Waals surface area contributed by atoms with Crippen molar-refractivity contribution < 1.29 is 24.2 Å². The minimum atomic E-state index is -0.351. The van der Waals surface area contributed by atoms with E-state index in [9.17, 15) is 14.7 Å². The van der Waals surface area contributed by atoms with Crippen molar-refractivity contribution in [3.63, 3.8) is 0 Å². The van der Waals surface area contributed by atoms with Crippen LogP contribution in [-0.4, -0.2) is 85.8 Å². The number of nitrogens with one attached hydrogen (secondary N) is 1. The second-order valence-corrected chi connectivity index (χ2v) is 11.5. The number of rotatable bonds is 11. The Bertz CT molecular complexity index is 1550. The molecule has 1 aliphatic rings. The average molecular weight is 614 g/mol. The average Bonchev–Trinajstić information content (AvgIpc) is 3.55. The predicted molar refractivity (Wildman–Crippen MR) is 168 cm³/mol. The second kappa shape index (κ2) is 14.8. The maximum Gasteiger partial charge on any atom is 0.246 e. The number of likely N-dealkylation sites (N-methyl/N-ethyl adjacent to an activating group) is 1. The van der Waals surface area contributed by atoms with Crippen LogP contribution in [0.15, 0.2) is 79.1 Å². The molecule has 1 aromatic heterocycles. The molecule has 3 aromatic carbocycles. The van der Waals surface area contributed by atoms with E-state index in [4.69, 9.17) is 9.47 Å². The van der Waals surface area contributed by atoms with E-state index >= 15 is 0 Å². The number of hydrogen-bond donors (Lipinski definition) is 2. The molecule has 0 spiro atoms. The van der Waals surface area contributed by atoms with Gasteiger partial charge < -0.3 is 24.8 Å². The Balaban J connectivity index is 1.30. The lowest BCUT2D eigenvalue weighted by molar-refractivity contribution is -0.134. The molecule has 12 heteroatoms. The lowest BCUT2D eigenvalue weighted by Crippen LogP contribution is -2.47. The second-order valence-electron chi connectivity index (χ2n) is 11.5. The van der Waals surface area contributed by atoms with Gasteiger partial charge in [0.15, 0.2) is 0 Å². The summed E-state index contributed by atoms with van der Waals surface area (Å²) in [5.41, 5.74) is 2.32. The van der Waals surface area contributed by atoms with Crippen molar-refractivity contribution in [2.75, 3.05) is 32.1 Å². The summed E-state index contributed by atoms with van der Waals surface area (Å²) in [6.07, 6.45) is 1.18. The number of anilines is 1. The summed E-state index contributed by atoms with van der Waals surface area (Å²) in [5.74, 6) is 1.70. The van der Waals surface area contributed by atoms with Crippen molar-refractivity contribution in [3.8, 4) is 17.2 Å². The van der Waals surface area contributed by atoms with Gasteiger partial charge in [0.1, 0.15) is 36.2 Å². The molecule has 0 bridgehead atoms. The molecule has 236 valence electrons. The Morgan fingerprint density at radius 3 is 2.60 bits per heavy atom. The molecule has 0 aliphatic carbocycles. The Morgan fingerprint density at radius 2 is 1.89 bits per heavy atom. The third-order valence-corrected chi connectivity index (χ3v) is 7.74. The molecule has 5 rings (SSSR count). The Morgan fingerprint density at radius 1 is 1.13 bits per heavy atom. The Kier molecular flexibility index (Phi) is 10.4. The van der Waals surface area contributed by atoms with Crippen LogP contribution in [-0.2, 0) is 29.1 Å². The number of aromatic nitrogens is 4. The molecule has 2 heterocycles. The highest BCUT2D eigenvalue weighted by molar-refractivity contribution is 5.91. The molecule has 0 radical (unpaired) electrons. The van der Waals surface area contributed by atoms with Gasteiger partial charge in [-0.2, -0.15) is 0 Å². The lowest BCUT2D eigenvalue weighted by atomic mass is 10.0. The van der Waals surface area contributed by atoms with Crippen LogP contribution in [0.25, 0.3) is 0 Å². The smallest absolute Gasteiger partial charge is 0.246 e. The molecule has 0 saturated carbocycles. The fourth-order valence-electron chi connectivity index (χ4n) is 5.30. The molecule has 0 fully saturated rings. The summed E-state index contributed by atoms with van der Waals surface area (Å²) in [4.78, 5) is 30.0. The van der Waals surface area contributed by atoms with Crippen LogP contribution in [0.5, 0.6) is 17.2 Å². The number of fused-ring (bicyclic) bond motifs is 1. The van der Waals surface area contributed by atoms with Gasteiger partial charge in [0, 0.05) is 36.8 Å². The van der Waals surface area contributed by atoms with Crippen LogP contribution < -0.4 is 14.8 Å². The van der Waals surface area contributed by atoms with E-state index in [1.807, 2.05) is 56.4 Å². The van der Waals surface area contributed by atoms with Gasteiger partial charge >= 0.3 is 0 Å². The summed E-state index contributed by atoms with van der Waals surface area (Å²) in [6, 6.07) is 22.7. The zero-order chi connectivity index (χ0) is 31.8. The molecule has 45 heavy (non-hydrogen) atoms. The SMILES string of the molecule is C[C@@H]1CN([C@@H](C)CO)C(=O)Cc2cc(NC(=O)Cn3cnnn3)ccc2O[C@H]1CN(C)Cc1ccc(Oc2ccccc2)cc1. The number of tetrazole rings is 1. The number of amides is 2. The van der Waals surface area contributed by atoms with Crippen molar-refractivity contribution in [2.45, 2.75) is 45.5 Å². The van der Waals surface area contributed by atoms with Gasteiger partial charge in [0.25, 0.3) is 0 Å². The molecule has 3 atom stereocenters. The Hall–Kier alpha value is -4.81. The van der Waals surface area contributed by atoms with Gasteiger partial charge in [0.2, 0.25) is 11.8 Å². The van der Waals surface area contributed by atoms with Gasteiger partial charge in [-0.25, -0.2) is 4.68 Å². The maximum atomic E-state index is 13.5. The van der Waals surface area contributed by atoms with Crippen LogP contribution in [0.3, 0.4) is 0 Å². The van der Waals surface area contributed by atoms with E-state index in [0.717, 1.165) is 17.1 Å². The number of aliphatic hydroxyl groups excluding tert-OH is 1. The number of carbonyl (C=O) groups excluding carboxylic acids is 2. The summed E-state index contributed by atoms with van der Waals surface area (Å²) in [6.45, 7) is 5.44. The van der Waals surface area contributed by atoms with Crippen molar-refractivity contribution in [3.05, 3.63) is 90.3 Å². The lowest BCUT2D eigenvalue weighted by Gasteiger charge is -2.34. The molecule has 2 N–H and O–H groups in total. The molecular formula is C33H39N7O5. The summed E-state index contributed by atoms with van der Waals surface area (Å²) in [5, 5.41) is 23.6. The first-order valence-corrected chi connectivity index (χ1v) is 15.0. The van der Waals surface area contributed by atoms with Crippen molar-refractivity contribution >= 4 is 17.5 Å². The van der Waals surface area contributed by atoms with E-state index in [1.54, 1.807) is 23.1 Å². The van der Waals surface area contributed by atoms with Gasteiger partial charge in [-0.3, -0.25) is 14.5 Å². The third-order valence-electron chi connectivity index (χ3n) is 7.74. The van der Waals surface area contributed by atoms with E-state index in [0.29, 0.717) is 36.6 Å².